The highest BCUT2D eigenvalue weighted by Gasteiger charge is 2.33. The highest BCUT2D eigenvalue weighted by molar-refractivity contribution is 5.52. The third-order valence-corrected chi connectivity index (χ3v) is 3.02. The van der Waals surface area contributed by atoms with Gasteiger partial charge in [0.05, 0.1) is 5.56 Å². The second-order valence-corrected chi connectivity index (χ2v) is 4.27. The molecule has 0 atom stereocenters. The molecular formula is C14H20F3N. The molecule has 4 heteroatoms. The van der Waals surface area contributed by atoms with E-state index in [0.29, 0.717) is 17.7 Å². The van der Waals surface area contributed by atoms with Gasteiger partial charge in [0.1, 0.15) is 0 Å². The first-order chi connectivity index (χ1) is 8.43. The van der Waals surface area contributed by atoms with Gasteiger partial charge in [0.2, 0.25) is 0 Å². The van der Waals surface area contributed by atoms with E-state index < -0.39 is 11.7 Å². The Morgan fingerprint density at radius 3 is 2.22 bits per heavy atom. The van der Waals surface area contributed by atoms with Crippen molar-refractivity contribution in [2.75, 3.05) is 18.0 Å². The van der Waals surface area contributed by atoms with E-state index in [0.717, 1.165) is 19.5 Å². The minimum atomic E-state index is -4.27. The predicted octanol–water partition coefficient (Wildman–Crippen LogP) is 4.50. The molecule has 0 heterocycles. The van der Waals surface area contributed by atoms with E-state index in [1.807, 2.05) is 18.7 Å². The molecule has 0 aliphatic rings. The summed E-state index contributed by atoms with van der Waals surface area (Å²) >= 11 is 0. The molecule has 0 fully saturated rings. The number of rotatable bonds is 5. The summed E-state index contributed by atoms with van der Waals surface area (Å²) in [5.41, 5.74) is 0.514. The van der Waals surface area contributed by atoms with Crippen molar-refractivity contribution in [3.8, 4) is 0 Å². The standard InChI is InChI=1S/C14H20F3N/c1-4-9-18(6-3)12-8-7-11(5-2)13(10-12)14(15,16)17/h7-8,10H,4-6,9H2,1-3H3. The first-order valence-electron chi connectivity index (χ1n) is 6.39. The van der Waals surface area contributed by atoms with Crippen LogP contribution in [0.25, 0.3) is 0 Å². The summed E-state index contributed by atoms with van der Waals surface area (Å²) in [5, 5.41) is 0. The summed E-state index contributed by atoms with van der Waals surface area (Å²) in [5.74, 6) is 0. The van der Waals surface area contributed by atoms with Gasteiger partial charge < -0.3 is 4.90 Å². The van der Waals surface area contributed by atoms with Gasteiger partial charge in [0.15, 0.2) is 0 Å². The lowest BCUT2D eigenvalue weighted by Crippen LogP contribution is -2.24. The number of halogens is 3. The van der Waals surface area contributed by atoms with Crippen molar-refractivity contribution in [3.05, 3.63) is 29.3 Å². The smallest absolute Gasteiger partial charge is 0.372 e. The maximum absolute atomic E-state index is 13.0. The molecule has 0 radical (unpaired) electrons. The Labute approximate surface area is 107 Å². The summed E-state index contributed by atoms with van der Waals surface area (Å²) < 4.78 is 38.9. The van der Waals surface area contributed by atoms with E-state index in [9.17, 15) is 13.2 Å². The number of hydrogen-bond acceptors (Lipinski definition) is 1. The molecule has 0 aliphatic carbocycles. The van der Waals surface area contributed by atoms with Gasteiger partial charge >= 0.3 is 6.18 Å². The third-order valence-electron chi connectivity index (χ3n) is 3.02. The van der Waals surface area contributed by atoms with Gasteiger partial charge in [0.25, 0.3) is 0 Å². The van der Waals surface area contributed by atoms with Crippen LogP contribution in [0.2, 0.25) is 0 Å². The molecule has 0 saturated heterocycles. The molecule has 1 aromatic carbocycles. The van der Waals surface area contributed by atoms with Crippen molar-refractivity contribution in [3.63, 3.8) is 0 Å². The summed E-state index contributed by atoms with van der Waals surface area (Å²) in [7, 11) is 0. The van der Waals surface area contributed by atoms with Gasteiger partial charge in [0, 0.05) is 18.8 Å². The fraction of sp³-hybridized carbons (Fsp3) is 0.571. The molecule has 102 valence electrons. The van der Waals surface area contributed by atoms with E-state index in [2.05, 4.69) is 0 Å². The molecule has 0 N–H and O–H groups in total. The minimum Gasteiger partial charge on any atom is -0.372 e. The van der Waals surface area contributed by atoms with Crippen LogP contribution in [-0.2, 0) is 12.6 Å². The highest BCUT2D eigenvalue weighted by atomic mass is 19.4. The van der Waals surface area contributed by atoms with Gasteiger partial charge in [-0.05, 0) is 37.5 Å². The van der Waals surface area contributed by atoms with Crippen LogP contribution in [-0.4, -0.2) is 13.1 Å². The first-order valence-corrected chi connectivity index (χ1v) is 6.39. The predicted molar refractivity (Wildman–Crippen MR) is 69.0 cm³/mol. The average molecular weight is 259 g/mol. The zero-order valence-corrected chi connectivity index (χ0v) is 11.1. The highest BCUT2D eigenvalue weighted by Crippen LogP contribution is 2.34. The van der Waals surface area contributed by atoms with Crippen molar-refractivity contribution in [2.45, 2.75) is 39.8 Å². The molecule has 0 spiro atoms. The Balaban J connectivity index is 3.17. The Morgan fingerprint density at radius 1 is 1.11 bits per heavy atom. The Bertz CT molecular complexity index is 385. The Morgan fingerprint density at radius 2 is 1.78 bits per heavy atom. The molecule has 0 bridgehead atoms. The number of benzene rings is 1. The van der Waals surface area contributed by atoms with Gasteiger partial charge in [-0.1, -0.05) is 19.9 Å². The van der Waals surface area contributed by atoms with E-state index in [1.165, 1.54) is 6.07 Å². The Hall–Kier alpha value is -1.19. The van der Waals surface area contributed by atoms with Gasteiger partial charge in [-0.3, -0.25) is 0 Å². The normalized spacial score (nSPS) is 11.7. The molecule has 1 aromatic rings. The molecule has 0 aliphatic heterocycles. The second-order valence-electron chi connectivity index (χ2n) is 4.27. The van der Waals surface area contributed by atoms with E-state index in [1.54, 1.807) is 19.1 Å². The summed E-state index contributed by atoms with van der Waals surface area (Å²) in [4.78, 5) is 1.97. The van der Waals surface area contributed by atoms with Crippen LogP contribution in [0.3, 0.4) is 0 Å². The van der Waals surface area contributed by atoms with Crippen molar-refractivity contribution < 1.29 is 13.2 Å². The van der Waals surface area contributed by atoms with E-state index >= 15 is 0 Å². The van der Waals surface area contributed by atoms with Crippen LogP contribution < -0.4 is 4.90 Å². The van der Waals surface area contributed by atoms with Crippen LogP contribution in [0.5, 0.6) is 0 Å². The zero-order valence-electron chi connectivity index (χ0n) is 11.1. The first kappa shape index (κ1) is 14.9. The van der Waals surface area contributed by atoms with Crippen LogP contribution in [0.4, 0.5) is 18.9 Å². The van der Waals surface area contributed by atoms with E-state index in [-0.39, 0.29) is 0 Å². The summed E-state index contributed by atoms with van der Waals surface area (Å²) in [6, 6.07) is 4.65. The topological polar surface area (TPSA) is 3.24 Å². The van der Waals surface area contributed by atoms with Crippen LogP contribution in [0.1, 0.15) is 38.3 Å². The average Bonchev–Trinajstić information content (AvgIpc) is 2.34. The molecule has 0 unspecified atom stereocenters. The quantitative estimate of drug-likeness (QED) is 0.752. The number of anilines is 1. The number of hydrogen-bond donors (Lipinski definition) is 0. The van der Waals surface area contributed by atoms with Crippen molar-refractivity contribution in [1.82, 2.24) is 0 Å². The lowest BCUT2D eigenvalue weighted by atomic mass is 10.0. The lowest BCUT2D eigenvalue weighted by Gasteiger charge is -2.24. The molecule has 0 aromatic heterocycles. The summed E-state index contributed by atoms with van der Waals surface area (Å²) in [6.07, 6.45) is -2.95. The molecule has 0 amide bonds. The van der Waals surface area contributed by atoms with E-state index in [4.69, 9.17) is 0 Å². The van der Waals surface area contributed by atoms with Gasteiger partial charge in [-0.15, -0.1) is 0 Å². The van der Waals surface area contributed by atoms with Crippen molar-refractivity contribution in [1.29, 1.82) is 0 Å². The largest absolute Gasteiger partial charge is 0.416 e. The zero-order chi connectivity index (χ0) is 13.8. The molecular weight excluding hydrogens is 239 g/mol. The monoisotopic (exact) mass is 259 g/mol. The molecule has 1 nitrogen and oxygen atoms in total. The van der Waals surface area contributed by atoms with Crippen LogP contribution in [0.15, 0.2) is 18.2 Å². The van der Waals surface area contributed by atoms with Crippen molar-refractivity contribution in [2.24, 2.45) is 0 Å². The van der Waals surface area contributed by atoms with Crippen LogP contribution in [0, 0.1) is 0 Å². The minimum absolute atomic E-state index is 0.360. The third kappa shape index (κ3) is 3.40. The van der Waals surface area contributed by atoms with Crippen molar-refractivity contribution >= 4 is 5.69 Å². The maximum atomic E-state index is 13.0. The molecule has 1 rings (SSSR count). The Kier molecular flexibility index (Phi) is 5.05. The lowest BCUT2D eigenvalue weighted by molar-refractivity contribution is -0.138. The van der Waals surface area contributed by atoms with Crippen LogP contribution >= 0.6 is 0 Å². The summed E-state index contributed by atoms with van der Waals surface area (Å²) in [6.45, 7) is 7.22. The molecule has 18 heavy (non-hydrogen) atoms. The van der Waals surface area contributed by atoms with Gasteiger partial charge in [-0.25, -0.2) is 0 Å². The molecule has 0 saturated carbocycles. The number of nitrogens with zero attached hydrogens (tertiary/aromatic N) is 1. The number of aryl methyl sites for hydroxylation is 1. The fourth-order valence-electron chi connectivity index (χ4n) is 2.07. The SMILES string of the molecule is CCCN(CC)c1ccc(CC)c(C(F)(F)F)c1. The number of alkyl halides is 3. The maximum Gasteiger partial charge on any atom is 0.416 e. The second kappa shape index (κ2) is 6.12. The van der Waals surface area contributed by atoms with Gasteiger partial charge in [-0.2, -0.15) is 13.2 Å². The fourth-order valence-corrected chi connectivity index (χ4v) is 2.07.